The SMILES string of the molecule is CCN(C(=O)c1cccs1)C1CCS(=O)(=O)C1. The van der Waals surface area contributed by atoms with E-state index in [1.54, 1.807) is 11.0 Å². The molecule has 0 aliphatic carbocycles. The molecule has 0 bridgehead atoms. The molecular formula is C11H15NO3S2. The zero-order valence-corrected chi connectivity index (χ0v) is 11.3. The van der Waals surface area contributed by atoms with E-state index < -0.39 is 9.84 Å². The molecule has 1 aliphatic rings. The van der Waals surface area contributed by atoms with Crippen molar-refractivity contribution in [2.24, 2.45) is 0 Å². The summed E-state index contributed by atoms with van der Waals surface area (Å²) in [5.41, 5.74) is 0. The van der Waals surface area contributed by atoms with Gasteiger partial charge in [0.05, 0.1) is 16.4 Å². The summed E-state index contributed by atoms with van der Waals surface area (Å²) in [5.74, 6) is 0.258. The van der Waals surface area contributed by atoms with Crippen molar-refractivity contribution in [3.8, 4) is 0 Å². The number of nitrogens with zero attached hydrogens (tertiary/aromatic N) is 1. The van der Waals surface area contributed by atoms with Crippen LogP contribution in [0.1, 0.15) is 23.0 Å². The first-order valence-electron chi connectivity index (χ1n) is 5.58. The molecule has 2 heterocycles. The fourth-order valence-corrected chi connectivity index (χ4v) is 4.54. The quantitative estimate of drug-likeness (QED) is 0.836. The zero-order valence-electron chi connectivity index (χ0n) is 9.63. The molecule has 1 amide bonds. The van der Waals surface area contributed by atoms with E-state index in [9.17, 15) is 13.2 Å². The summed E-state index contributed by atoms with van der Waals surface area (Å²) in [7, 11) is -2.94. The molecule has 4 nitrogen and oxygen atoms in total. The molecule has 0 N–H and O–H groups in total. The molecule has 6 heteroatoms. The van der Waals surface area contributed by atoms with Crippen molar-refractivity contribution >= 4 is 27.1 Å². The third-order valence-electron chi connectivity index (χ3n) is 2.98. The van der Waals surface area contributed by atoms with Crippen LogP contribution in [0, 0.1) is 0 Å². The van der Waals surface area contributed by atoms with Crippen LogP contribution in [0.4, 0.5) is 0 Å². The average Bonchev–Trinajstić information content (AvgIpc) is 2.88. The fraction of sp³-hybridized carbons (Fsp3) is 0.545. The standard InChI is InChI=1S/C11H15NO3S2/c1-2-12(9-5-7-17(14,15)8-9)11(13)10-4-3-6-16-10/h3-4,6,9H,2,5,7-8H2,1H3. The predicted molar refractivity (Wildman–Crippen MR) is 68.1 cm³/mol. The van der Waals surface area contributed by atoms with E-state index in [2.05, 4.69) is 0 Å². The lowest BCUT2D eigenvalue weighted by Crippen LogP contribution is -2.40. The molecule has 1 fully saturated rings. The van der Waals surface area contributed by atoms with Gasteiger partial charge in [0.15, 0.2) is 9.84 Å². The van der Waals surface area contributed by atoms with Gasteiger partial charge in [-0.1, -0.05) is 6.07 Å². The molecule has 1 unspecified atom stereocenters. The number of amides is 1. The van der Waals surface area contributed by atoms with Gasteiger partial charge in [0.1, 0.15) is 0 Å². The van der Waals surface area contributed by atoms with Crippen LogP contribution in [-0.2, 0) is 9.84 Å². The van der Waals surface area contributed by atoms with Crippen molar-refractivity contribution in [3.05, 3.63) is 22.4 Å². The van der Waals surface area contributed by atoms with Gasteiger partial charge in [-0.3, -0.25) is 4.79 Å². The first kappa shape index (κ1) is 12.6. The van der Waals surface area contributed by atoms with Crippen LogP contribution >= 0.6 is 11.3 Å². The largest absolute Gasteiger partial charge is 0.334 e. The number of sulfone groups is 1. The van der Waals surface area contributed by atoms with Crippen LogP contribution < -0.4 is 0 Å². The van der Waals surface area contributed by atoms with Crippen LogP contribution in [0.3, 0.4) is 0 Å². The maximum Gasteiger partial charge on any atom is 0.264 e. The third-order valence-corrected chi connectivity index (χ3v) is 5.59. The fourth-order valence-electron chi connectivity index (χ4n) is 2.13. The predicted octanol–water partition coefficient (Wildman–Crippen LogP) is 1.40. The van der Waals surface area contributed by atoms with E-state index in [0.29, 0.717) is 17.8 Å². The lowest BCUT2D eigenvalue weighted by atomic mass is 10.2. The van der Waals surface area contributed by atoms with Crippen molar-refractivity contribution < 1.29 is 13.2 Å². The highest BCUT2D eigenvalue weighted by Gasteiger charge is 2.34. The Hall–Kier alpha value is -0.880. The average molecular weight is 273 g/mol. The van der Waals surface area contributed by atoms with Gasteiger partial charge in [-0.25, -0.2) is 8.42 Å². The molecule has 17 heavy (non-hydrogen) atoms. The summed E-state index contributed by atoms with van der Waals surface area (Å²) in [5, 5.41) is 1.85. The Morgan fingerprint density at radius 3 is 2.82 bits per heavy atom. The van der Waals surface area contributed by atoms with E-state index in [1.165, 1.54) is 11.3 Å². The Bertz CT molecular complexity index is 493. The van der Waals surface area contributed by atoms with E-state index in [4.69, 9.17) is 0 Å². The minimum Gasteiger partial charge on any atom is -0.334 e. The Labute approximate surface area is 105 Å². The van der Waals surface area contributed by atoms with Gasteiger partial charge >= 0.3 is 0 Å². The Morgan fingerprint density at radius 2 is 2.35 bits per heavy atom. The number of thiophene rings is 1. The maximum absolute atomic E-state index is 12.2. The van der Waals surface area contributed by atoms with Crippen LogP contribution in [0.15, 0.2) is 17.5 Å². The summed E-state index contributed by atoms with van der Waals surface area (Å²) >= 11 is 1.39. The molecule has 1 saturated heterocycles. The second kappa shape index (κ2) is 4.78. The minimum atomic E-state index is -2.94. The summed E-state index contributed by atoms with van der Waals surface area (Å²) in [6.07, 6.45) is 0.563. The van der Waals surface area contributed by atoms with Gasteiger partial charge in [-0.2, -0.15) is 0 Å². The molecule has 1 aromatic rings. The second-order valence-corrected chi connectivity index (χ2v) is 7.30. The Balaban J connectivity index is 2.15. The van der Waals surface area contributed by atoms with E-state index in [0.717, 1.165) is 0 Å². The second-order valence-electron chi connectivity index (χ2n) is 4.13. The number of rotatable bonds is 3. The molecule has 2 rings (SSSR count). The molecular weight excluding hydrogens is 258 g/mol. The van der Waals surface area contributed by atoms with Gasteiger partial charge in [-0.05, 0) is 24.8 Å². The van der Waals surface area contributed by atoms with E-state index in [-0.39, 0.29) is 23.5 Å². The van der Waals surface area contributed by atoms with Crippen molar-refractivity contribution in [2.45, 2.75) is 19.4 Å². The highest BCUT2D eigenvalue weighted by Crippen LogP contribution is 2.21. The number of hydrogen-bond acceptors (Lipinski definition) is 4. The number of carbonyl (C=O) groups excluding carboxylic acids is 1. The van der Waals surface area contributed by atoms with Gasteiger partial charge in [0.2, 0.25) is 0 Å². The third kappa shape index (κ3) is 2.69. The molecule has 0 aromatic carbocycles. The topological polar surface area (TPSA) is 54.5 Å². The molecule has 0 radical (unpaired) electrons. The van der Waals surface area contributed by atoms with Crippen LogP contribution in [0.5, 0.6) is 0 Å². The Kier molecular flexibility index (Phi) is 3.53. The van der Waals surface area contributed by atoms with E-state index in [1.807, 2.05) is 18.4 Å². The van der Waals surface area contributed by atoms with Gasteiger partial charge in [-0.15, -0.1) is 11.3 Å². The van der Waals surface area contributed by atoms with E-state index >= 15 is 0 Å². The Morgan fingerprint density at radius 1 is 1.59 bits per heavy atom. The summed E-state index contributed by atoms with van der Waals surface area (Å²) < 4.78 is 22.9. The zero-order chi connectivity index (χ0) is 12.5. The number of hydrogen-bond donors (Lipinski definition) is 0. The molecule has 1 atom stereocenters. The molecule has 0 spiro atoms. The molecule has 0 saturated carbocycles. The molecule has 1 aliphatic heterocycles. The van der Waals surface area contributed by atoms with Crippen LogP contribution in [0.2, 0.25) is 0 Å². The monoisotopic (exact) mass is 273 g/mol. The van der Waals surface area contributed by atoms with Crippen molar-refractivity contribution in [3.63, 3.8) is 0 Å². The number of carbonyl (C=O) groups is 1. The maximum atomic E-state index is 12.2. The van der Waals surface area contributed by atoms with Crippen molar-refractivity contribution in [1.82, 2.24) is 4.90 Å². The highest BCUT2D eigenvalue weighted by atomic mass is 32.2. The summed E-state index contributed by atoms with van der Waals surface area (Å²) in [6.45, 7) is 2.44. The van der Waals surface area contributed by atoms with Gasteiger partial charge in [0.25, 0.3) is 5.91 Å². The smallest absolute Gasteiger partial charge is 0.264 e. The summed E-state index contributed by atoms with van der Waals surface area (Å²) in [4.78, 5) is 14.5. The minimum absolute atomic E-state index is 0.0513. The van der Waals surface area contributed by atoms with Crippen LogP contribution in [-0.4, -0.2) is 43.3 Å². The van der Waals surface area contributed by atoms with Gasteiger partial charge < -0.3 is 4.90 Å². The highest BCUT2D eigenvalue weighted by molar-refractivity contribution is 7.91. The van der Waals surface area contributed by atoms with Crippen LogP contribution in [0.25, 0.3) is 0 Å². The van der Waals surface area contributed by atoms with Crippen molar-refractivity contribution in [2.75, 3.05) is 18.1 Å². The lowest BCUT2D eigenvalue weighted by Gasteiger charge is -2.26. The summed E-state index contributed by atoms with van der Waals surface area (Å²) in [6, 6.07) is 3.45. The lowest BCUT2D eigenvalue weighted by molar-refractivity contribution is 0.0713. The first-order valence-corrected chi connectivity index (χ1v) is 8.28. The molecule has 94 valence electrons. The normalized spacial score (nSPS) is 22.5. The van der Waals surface area contributed by atoms with Crippen molar-refractivity contribution in [1.29, 1.82) is 0 Å². The first-order chi connectivity index (χ1) is 8.03. The molecule has 1 aromatic heterocycles. The van der Waals surface area contributed by atoms with Gasteiger partial charge in [0, 0.05) is 12.6 Å².